The molecule has 0 saturated carbocycles. The molecule has 2 unspecified atom stereocenters. The number of carbonyl (C=O) groups is 3. The molecule has 37 heavy (non-hydrogen) atoms. The van der Waals surface area contributed by atoms with Crippen molar-refractivity contribution in [3.8, 4) is 0 Å². The fraction of sp³-hybridized carbons (Fsp3) is 0.633. The summed E-state index contributed by atoms with van der Waals surface area (Å²) in [7, 11) is 3.31. The van der Waals surface area contributed by atoms with E-state index in [4.69, 9.17) is 5.11 Å². The number of allylic oxidation sites excluding steroid dienone is 4. The molecule has 0 aromatic heterocycles. The maximum atomic E-state index is 13.4. The fourth-order valence-corrected chi connectivity index (χ4v) is 3.32. The van der Waals surface area contributed by atoms with Crippen molar-refractivity contribution in [3.63, 3.8) is 0 Å². The molecular formula is C30H55N3O4. The molecule has 7 nitrogen and oxygen atoms in total. The van der Waals surface area contributed by atoms with Crippen molar-refractivity contribution < 1.29 is 19.5 Å². The maximum Gasteiger partial charge on any atom is 0.331 e. The Hall–Kier alpha value is -2.67. The first kappa shape index (κ1) is 38.9. The van der Waals surface area contributed by atoms with E-state index in [0.717, 1.165) is 5.57 Å². The predicted molar refractivity (Wildman–Crippen MR) is 157 cm³/mol. The normalized spacial score (nSPS) is 13.9. The molecule has 0 rings (SSSR count). The van der Waals surface area contributed by atoms with Crippen molar-refractivity contribution >= 4 is 17.8 Å². The Balaban J connectivity index is -0.00000214. The SMILES string of the molecule is C=C/C=C(\C=C/C)C(C)(C)C(NC)C(=O)NC(C(=O)N(C)C/C=C(\C)C(=O)O)C(C)(C)C.CC.CCC. The van der Waals surface area contributed by atoms with Gasteiger partial charge in [0.2, 0.25) is 11.8 Å². The molecule has 0 spiro atoms. The second-order valence-corrected chi connectivity index (χ2v) is 10.2. The Morgan fingerprint density at radius 3 is 1.89 bits per heavy atom. The minimum Gasteiger partial charge on any atom is -0.478 e. The van der Waals surface area contributed by atoms with Gasteiger partial charge in [0.05, 0.1) is 6.04 Å². The van der Waals surface area contributed by atoms with E-state index >= 15 is 0 Å². The zero-order chi connectivity index (χ0) is 30.0. The zero-order valence-electron chi connectivity index (χ0n) is 25.8. The van der Waals surface area contributed by atoms with E-state index in [9.17, 15) is 14.4 Å². The molecule has 2 amide bonds. The number of carboxylic acid groups (broad SMARTS) is 1. The van der Waals surface area contributed by atoms with Crippen LogP contribution in [0.4, 0.5) is 0 Å². The largest absolute Gasteiger partial charge is 0.478 e. The number of carbonyl (C=O) groups excluding carboxylic acids is 2. The van der Waals surface area contributed by atoms with Crippen LogP contribution in [-0.2, 0) is 14.4 Å². The monoisotopic (exact) mass is 521 g/mol. The van der Waals surface area contributed by atoms with Gasteiger partial charge >= 0.3 is 5.97 Å². The summed E-state index contributed by atoms with van der Waals surface area (Å²) in [6.07, 6.45) is 10.1. The maximum absolute atomic E-state index is 13.4. The summed E-state index contributed by atoms with van der Waals surface area (Å²) in [6.45, 7) is 25.1. The number of carboxylic acids is 1. The smallest absolute Gasteiger partial charge is 0.331 e. The van der Waals surface area contributed by atoms with Gasteiger partial charge in [0.15, 0.2) is 0 Å². The molecule has 0 aliphatic carbocycles. The van der Waals surface area contributed by atoms with E-state index in [-0.39, 0.29) is 23.9 Å². The van der Waals surface area contributed by atoms with Crippen LogP contribution in [0, 0.1) is 10.8 Å². The lowest BCUT2D eigenvalue weighted by Crippen LogP contribution is -2.60. The van der Waals surface area contributed by atoms with Crippen LogP contribution in [0.5, 0.6) is 0 Å². The van der Waals surface area contributed by atoms with Gasteiger partial charge in [-0.15, -0.1) is 0 Å². The third-order valence-electron chi connectivity index (χ3n) is 5.44. The number of nitrogens with one attached hydrogen (secondary N) is 2. The molecule has 0 radical (unpaired) electrons. The molecule has 7 heteroatoms. The van der Waals surface area contributed by atoms with Gasteiger partial charge in [-0.25, -0.2) is 4.79 Å². The summed E-state index contributed by atoms with van der Waals surface area (Å²) < 4.78 is 0. The minimum atomic E-state index is -1.03. The van der Waals surface area contributed by atoms with E-state index in [1.54, 1.807) is 20.2 Å². The van der Waals surface area contributed by atoms with Crippen molar-refractivity contribution in [3.05, 3.63) is 48.1 Å². The highest BCUT2D eigenvalue weighted by Crippen LogP contribution is 2.32. The van der Waals surface area contributed by atoms with Crippen LogP contribution < -0.4 is 10.6 Å². The lowest BCUT2D eigenvalue weighted by atomic mass is 9.75. The Bertz CT molecular complexity index is 802. The molecule has 0 aromatic carbocycles. The van der Waals surface area contributed by atoms with E-state index in [1.807, 2.05) is 73.6 Å². The van der Waals surface area contributed by atoms with Gasteiger partial charge in [0.25, 0.3) is 0 Å². The lowest BCUT2D eigenvalue weighted by Gasteiger charge is -2.38. The molecule has 214 valence electrons. The number of hydrogen-bond acceptors (Lipinski definition) is 4. The molecule has 0 heterocycles. The van der Waals surface area contributed by atoms with Crippen LogP contribution in [0.3, 0.4) is 0 Å². The molecule has 2 atom stereocenters. The number of hydrogen-bond donors (Lipinski definition) is 3. The second-order valence-electron chi connectivity index (χ2n) is 10.2. The fourth-order valence-electron chi connectivity index (χ4n) is 3.32. The quantitative estimate of drug-likeness (QED) is 0.237. The number of rotatable bonds is 11. The van der Waals surface area contributed by atoms with Gasteiger partial charge in [-0.3, -0.25) is 9.59 Å². The van der Waals surface area contributed by atoms with Gasteiger partial charge in [-0.2, -0.15) is 0 Å². The van der Waals surface area contributed by atoms with Gasteiger partial charge in [-0.1, -0.05) is 106 Å². The number of amides is 2. The Kier molecular flexibility index (Phi) is 20.4. The van der Waals surface area contributed by atoms with Crippen LogP contribution in [0.2, 0.25) is 0 Å². The Labute approximate surface area is 227 Å². The van der Waals surface area contributed by atoms with Crippen molar-refractivity contribution in [2.45, 2.75) is 94.7 Å². The molecule has 0 fully saturated rings. The molecule has 0 aromatic rings. The topological polar surface area (TPSA) is 98.7 Å². The first-order chi connectivity index (χ1) is 17.1. The molecule has 0 saturated heterocycles. The van der Waals surface area contributed by atoms with Crippen molar-refractivity contribution in [1.29, 1.82) is 0 Å². The number of nitrogens with zero attached hydrogens (tertiary/aromatic N) is 1. The van der Waals surface area contributed by atoms with E-state index in [0.29, 0.717) is 0 Å². The summed E-state index contributed by atoms with van der Waals surface area (Å²) in [4.78, 5) is 39.0. The van der Waals surface area contributed by atoms with Crippen molar-refractivity contribution in [2.75, 3.05) is 20.6 Å². The summed E-state index contributed by atoms with van der Waals surface area (Å²) in [5.41, 5.74) is -0.0610. The van der Waals surface area contributed by atoms with Crippen LogP contribution >= 0.6 is 0 Å². The Morgan fingerprint density at radius 1 is 1.05 bits per heavy atom. The average Bonchev–Trinajstić information content (AvgIpc) is 2.81. The highest BCUT2D eigenvalue weighted by molar-refractivity contribution is 5.91. The van der Waals surface area contributed by atoms with E-state index in [2.05, 4.69) is 31.1 Å². The molecule has 0 aliphatic rings. The van der Waals surface area contributed by atoms with Crippen LogP contribution in [-0.4, -0.2) is 60.5 Å². The molecule has 0 bridgehead atoms. The Morgan fingerprint density at radius 2 is 1.54 bits per heavy atom. The molecule has 3 N–H and O–H groups in total. The van der Waals surface area contributed by atoms with E-state index in [1.165, 1.54) is 24.3 Å². The summed E-state index contributed by atoms with van der Waals surface area (Å²) in [5.74, 6) is -1.62. The van der Waals surface area contributed by atoms with Gasteiger partial charge in [0, 0.05) is 24.6 Å². The number of aliphatic carboxylic acids is 1. The van der Waals surface area contributed by atoms with Crippen molar-refractivity contribution in [1.82, 2.24) is 15.5 Å². The molecule has 0 aliphatic heterocycles. The molecular weight excluding hydrogens is 466 g/mol. The van der Waals surface area contributed by atoms with E-state index < -0.39 is 28.9 Å². The summed E-state index contributed by atoms with van der Waals surface area (Å²) in [6, 6.07) is -1.40. The third kappa shape index (κ3) is 14.0. The van der Waals surface area contributed by atoms with Crippen LogP contribution in [0.1, 0.15) is 82.6 Å². The lowest BCUT2D eigenvalue weighted by molar-refractivity contribution is -0.139. The van der Waals surface area contributed by atoms with Gasteiger partial charge in [-0.05, 0) is 31.9 Å². The first-order valence-electron chi connectivity index (χ1n) is 13.1. The highest BCUT2D eigenvalue weighted by atomic mass is 16.4. The predicted octanol–water partition coefficient (Wildman–Crippen LogP) is 5.75. The zero-order valence-corrected chi connectivity index (χ0v) is 25.8. The third-order valence-corrected chi connectivity index (χ3v) is 5.44. The standard InChI is InChI=1S/C25H41N3O4.C3H8.C2H6/c1-11-13-18(14-12-2)25(7,8)19(26-9)21(29)27-20(24(4,5)6)22(30)28(10)16-15-17(3)23(31)32;1-3-2;1-2/h11-15,19-20,26H,1,16H2,2-10H3,(H,27,29)(H,31,32);3H2,1-2H3;1-2H3/b14-12-,17-15+,18-13+;;. The first-order valence-corrected chi connectivity index (χ1v) is 13.1. The van der Waals surface area contributed by atoms with Crippen molar-refractivity contribution in [2.24, 2.45) is 10.8 Å². The highest BCUT2D eigenvalue weighted by Gasteiger charge is 2.40. The van der Waals surface area contributed by atoms with Gasteiger partial charge < -0.3 is 20.6 Å². The second kappa shape index (κ2) is 19.4. The number of likely N-dealkylation sites (N-methyl/N-ethyl adjacent to an activating group) is 2. The summed E-state index contributed by atoms with van der Waals surface area (Å²) in [5, 5.41) is 15.1. The van der Waals surface area contributed by atoms with Crippen LogP contribution in [0.15, 0.2) is 48.1 Å². The average molecular weight is 522 g/mol. The van der Waals surface area contributed by atoms with Crippen LogP contribution in [0.25, 0.3) is 0 Å². The minimum absolute atomic E-state index is 0.133. The van der Waals surface area contributed by atoms with Gasteiger partial charge in [0.1, 0.15) is 6.04 Å². The summed E-state index contributed by atoms with van der Waals surface area (Å²) >= 11 is 0.